The van der Waals surface area contributed by atoms with Gasteiger partial charge in [-0.05, 0) is 77.0 Å². The molecule has 7 heteroatoms. The molecule has 1 unspecified atom stereocenters. The van der Waals surface area contributed by atoms with E-state index in [9.17, 15) is 4.79 Å². The van der Waals surface area contributed by atoms with E-state index in [-0.39, 0.29) is 11.3 Å². The molecule has 2 aliphatic rings. The van der Waals surface area contributed by atoms with Gasteiger partial charge in [0.15, 0.2) is 0 Å². The summed E-state index contributed by atoms with van der Waals surface area (Å²) >= 11 is 0. The van der Waals surface area contributed by atoms with Gasteiger partial charge in [0.1, 0.15) is 12.5 Å². The summed E-state index contributed by atoms with van der Waals surface area (Å²) in [7, 11) is 2.18. The van der Waals surface area contributed by atoms with E-state index in [1.807, 2.05) is 13.7 Å². The van der Waals surface area contributed by atoms with Crippen LogP contribution >= 0.6 is 0 Å². The van der Waals surface area contributed by atoms with Gasteiger partial charge in [-0.3, -0.25) is 4.79 Å². The summed E-state index contributed by atoms with van der Waals surface area (Å²) < 4.78 is 5.68. The lowest BCUT2D eigenvalue weighted by atomic mass is 9.79. The van der Waals surface area contributed by atoms with Crippen LogP contribution in [-0.4, -0.2) is 81.5 Å². The van der Waals surface area contributed by atoms with Crippen LogP contribution in [0.2, 0.25) is 0 Å². The maximum absolute atomic E-state index is 11.3. The molecule has 0 saturated carbocycles. The van der Waals surface area contributed by atoms with Crippen LogP contribution in [0.1, 0.15) is 66.2 Å². The van der Waals surface area contributed by atoms with Gasteiger partial charge < -0.3 is 30.0 Å². The lowest BCUT2D eigenvalue weighted by molar-refractivity contribution is -0.129. The number of piperazine rings is 1. The number of likely N-dealkylation sites (N-methyl/N-ethyl adjacent to an activating group) is 1. The molecule has 0 radical (unpaired) electrons. The van der Waals surface area contributed by atoms with E-state index in [4.69, 9.17) is 15.3 Å². The van der Waals surface area contributed by atoms with Gasteiger partial charge in [0.05, 0.1) is 6.61 Å². The fourth-order valence-electron chi connectivity index (χ4n) is 4.46. The Morgan fingerprint density at radius 1 is 1.03 bits per heavy atom. The standard InChI is InChI=1S/C15H24N2O.C12H24N2O.CH2O/c1-3-4-13-18-15-7-5-14(6-8-15)17-11-9-16(2)10-12-17;1-4-5-10(2)14-8-6-12(3,7-9-14)11(13)15;1-2/h5-8H,3-4,9-13H2,1-2H3;10H,4-9H2,1-3H3,(H2,13,15);1H2. The number of piperidine rings is 1. The summed E-state index contributed by atoms with van der Waals surface area (Å²) in [6.07, 6.45) is 6.60. The van der Waals surface area contributed by atoms with Crippen LogP contribution in [0.25, 0.3) is 0 Å². The Kier molecular flexibility index (Phi) is 14.6. The number of benzene rings is 1. The van der Waals surface area contributed by atoms with Gasteiger partial charge in [-0.15, -0.1) is 0 Å². The van der Waals surface area contributed by atoms with Crippen LogP contribution in [-0.2, 0) is 9.59 Å². The number of hydrogen-bond donors (Lipinski definition) is 1. The van der Waals surface area contributed by atoms with Gasteiger partial charge >= 0.3 is 0 Å². The number of hydrogen-bond acceptors (Lipinski definition) is 6. The van der Waals surface area contributed by atoms with Crippen molar-refractivity contribution in [3.8, 4) is 5.75 Å². The zero-order chi connectivity index (χ0) is 26.3. The lowest BCUT2D eigenvalue weighted by Gasteiger charge is -2.40. The number of rotatable bonds is 9. The molecule has 0 aliphatic carbocycles. The summed E-state index contributed by atoms with van der Waals surface area (Å²) in [5.41, 5.74) is 6.47. The maximum Gasteiger partial charge on any atom is 0.223 e. The Bertz CT molecular complexity index is 697. The first-order valence-electron chi connectivity index (χ1n) is 13.3. The van der Waals surface area contributed by atoms with Crippen molar-refractivity contribution in [3.63, 3.8) is 0 Å². The average Bonchev–Trinajstić information content (AvgIpc) is 2.87. The van der Waals surface area contributed by atoms with Crippen LogP contribution in [0.4, 0.5) is 5.69 Å². The van der Waals surface area contributed by atoms with Crippen molar-refractivity contribution in [3.05, 3.63) is 24.3 Å². The van der Waals surface area contributed by atoms with E-state index in [0.717, 1.165) is 70.9 Å². The van der Waals surface area contributed by atoms with Crippen molar-refractivity contribution in [2.75, 3.05) is 57.8 Å². The molecule has 2 N–H and O–H groups in total. The van der Waals surface area contributed by atoms with Crippen molar-refractivity contribution in [1.82, 2.24) is 9.80 Å². The van der Waals surface area contributed by atoms with Gasteiger partial charge in [-0.2, -0.15) is 0 Å². The molecule has 3 rings (SSSR count). The molecule has 2 aliphatic heterocycles. The molecule has 2 fully saturated rings. The summed E-state index contributed by atoms with van der Waals surface area (Å²) in [4.78, 5) is 26.6. The van der Waals surface area contributed by atoms with Crippen molar-refractivity contribution in [1.29, 1.82) is 0 Å². The second-order valence-corrected chi connectivity index (χ2v) is 10.1. The topological polar surface area (TPSA) is 79.1 Å². The summed E-state index contributed by atoms with van der Waals surface area (Å²) in [6, 6.07) is 9.17. The number of ether oxygens (including phenoxy) is 1. The largest absolute Gasteiger partial charge is 0.494 e. The smallest absolute Gasteiger partial charge is 0.223 e. The third kappa shape index (κ3) is 10.6. The molecular formula is C28H50N4O3. The lowest BCUT2D eigenvalue weighted by Crippen LogP contribution is -2.48. The second kappa shape index (κ2) is 16.5. The molecule has 7 nitrogen and oxygen atoms in total. The van der Waals surface area contributed by atoms with E-state index in [2.05, 4.69) is 66.8 Å². The minimum atomic E-state index is -0.261. The number of carbonyl (C=O) groups excluding carboxylic acids is 2. The molecule has 1 aromatic carbocycles. The van der Waals surface area contributed by atoms with Crippen LogP contribution in [0.3, 0.4) is 0 Å². The van der Waals surface area contributed by atoms with E-state index in [1.54, 1.807) is 0 Å². The number of carbonyl (C=O) groups is 2. The first-order chi connectivity index (χ1) is 16.8. The number of primary amides is 1. The van der Waals surface area contributed by atoms with Gasteiger partial charge in [-0.1, -0.05) is 33.6 Å². The molecular weight excluding hydrogens is 440 g/mol. The van der Waals surface area contributed by atoms with Crippen LogP contribution in [0.15, 0.2) is 24.3 Å². The molecule has 35 heavy (non-hydrogen) atoms. The van der Waals surface area contributed by atoms with E-state index in [0.29, 0.717) is 6.04 Å². The predicted molar refractivity (Wildman–Crippen MR) is 146 cm³/mol. The normalized spacial score (nSPS) is 18.9. The maximum atomic E-state index is 11.3. The van der Waals surface area contributed by atoms with Crippen molar-refractivity contribution in [2.24, 2.45) is 11.1 Å². The summed E-state index contributed by atoms with van der Waals surface area (Å²) in [5.74, 6) is 0.853. The summed E-state index contributed by atoms with van der Waals surface area (Å²) in [5, 5.41) is 0. The Morgan fingerprint density at radius 2 is 1.60 bits per heavy atom. The molecule has 1 atom stereocenters. The fraction of sp³-hybridized carbons (Fsp3) is 0.714. The minimum Gasteiger partial charge on any atom is -0.494 e. The molecule has 2 saturated heterocycles. The fourth-order valence-corrected chi connectivity index (χ4v) is 4.46. The summed E-state index contributed by atoms with van der Waals surface area (Å²) in [6.45, 7) is 18.1. The molecule has 1 aromatic rings. The number of amides is 1. The number of nitrogens with zero attached hydrogens (tertiary/aromatic N) is 3. The minimum absolute atomic E-state index is 0.134. The average molecular weight is 491 g/mol. The highest BCUT2D eigenvalue weighted by atomic mass is 16.5. The van der Waals surface area contributed by atoms with Crippen molar-refractivity contribution >= 4 is 18.4 Å². The monoisotopic (exact) mass is 490 g/mol. The third-order valence-corrected chi connectivity index (χ3v) is 7.30. The number of anilines is 1. The molecule has 0 bridgehead atoms. The number of nitrogens with two attached hydrogens (primary N) is 1. The highest BCUT2D eigenvalue weighted by molar-refractivity contribution is 5.80. The first-order valence-corrected chi connectivity index (χ1v) is 13.3. The second-order valence-electron chi connectivity index (χ2n) is 10.1. The SMILES string of the molecule is C=O.CCCC(C)N1CCC(C)(C(N)=O)CC1.CCCCOc1ccc(N2CCN(C)CC2)cc1. The molecule has 2 heterocycles. The highest BCUT2D eigenvalue weighted by Crippen LogP contribution is 2.31. The van der Waals surface area contributed by atoms with Crippen molar-refractivity contribution < 1.29 is 14.3 Å². The Morgan fingerprint density at radius 3 is 2.09 bits per heavy atom. The van der Waals surface area contributed by atoms with E-state index < -0.39 is 0 Å². The Balaban J connectivity index is 0.000000332. The quantitative estimate of drug-likeness (QED) is 0.523. The molecule has 1 amide bonds. The van der Waals surface area contributed by atoms with Crippen molar-refractivity contribution in [2.45, 2.75) is 72.3 Å². The zero-order valence-electron chi connectivity index (χ0n) is 22.9. The van der Waals surface area contributed by atoms with Crippen LogP contribution in [0.5, 0.6) is 5.75 Å². The molecule has 200 valence electrons. The molecule has 0 spiro atoms. The Labute approximate surface area is 214 Å². The van der Waals surface area contributed by atoms with E-state index >= 15 is 0 Å². The Hall–Kier alpha value is -2.12. The first kappa shape index (κ1) is 30.9. The van der Waals surface area contributed by atoms with E-state index in [1.165, 1.54) is 24.9 Å². The van der Waals surface area contributed by atoms with Crippen LogP contribution < -0.4 is 15.4 Å². The van der Waals surface area contributed by atoms with Gasteiger partial charge in [0.2, 0.25) is 5.91 Å². The predicted octanol–water partition coefficient (Wildman–Crippen LogP) is 4.19. The zero-order valence-corrected chi connectivity index (χ0v) is 22.9. The van der Waals surface area contributed by atoms with Gasteiger partial charge in [0.25, 0.3) is 0 Å². The number of likely N-dealkylation sites (tertiary alicyclic amines) is 1. The third-order valence-electron chi connectivity index (χ3n) is 7.30. The van der Waals surface area contributed by atoms with Gasteiger partial charge in [-0.25, -0.2) is 0 Å². The van der Waals surface area contributed by atoms with Gasteiger partial charge in [0, 0.05) is 43.3 Å². The van der Waals surface area contributed by atoms with Crippen LogP contribution in [0, 0.1) is 5.41 Å². The molecule has 0 aromatic heterocycles. The highest BCUT2D eigenvalue weighted by Gasteiger charge is 2.36. The number of unbranched alkanes of at least 4 members (excludes halogenated alkanes) is 1.